The molecule has 0 saturated heterocycles. The maximum Gasteiger partial charge on any atom is 0.0715 e. The molecule has 1 heterocycles. The van der Waals surface area contributed by atoms with Crippen molar-refractivity contribution in [3.63, 3.8) is 0 Å². The molecule has 0 bridgehead atoms. The molecule has 0 fully saturated rings. The highest BCUT2D eigenvalue weighted by Gasteiger charge is 2.22. The number of aryl methyl sites for hydroxylation is 2. The number of rotatable bonds is 1. The minimum absolute atomic E-state index is 0.0858. The van der Waals surface area contributed by atoms with E-state index in [1.807, 2.05) is 0 Å². The number of hydrogen-bond donors (Lipinski definition) is 0. The average molecular weight is 346 g/mol. The van der Waals surface area contributed by atoms with Gasteiger partial charge in [0.1, 0.15) is 0 Å². The fraction of sp³-hybridized carbons (Fsp3) is 0.400. The molecule has 0 aliphatic carbocycles. The summed E-state index contributed by atoms with van der Waals surface area (Å²) < 4.78 is 0. The van der Waals surface area contributed by atoms with Crippen LogP contribution in [0.4, 0.5) is 0 Å². The van der Waals surface area contributed by atoms with Gasteiger partial charge in [0.25, 0.3) is 0 Å². The highest BCUT2D eigenvalue weighted by atomic mass is 14.7. The number of aromatic nitrogens is 1. The molecule has 0 atom stereocenters. The molecule has 0 aliphatic heterocycles. The molecule has 2 aromatic carbocycles. The lowest BCUT2D eigenvalue weighted by molar-refractivity contribution is 0.572. The van der Waals surface area contributed by atoms with E-state index < -0.39 is 0 Å². The zero-order valence-corrected chi connectivity index (χ0v) is 17.5. The Morgan fingerprint density at radius 1 is 0.731 bits per heavy atom. The Hall–Kier alpha value is -2.15. The number of fused-ring (bicyclic) bond motifs is 1. The van der Waals surface area contributed by atoms with Crippen LogP contribution in [0.3, 0.4) is 0 Å². The smallest absolute Gasteiger partial charge is 0.0715 e. The second kappa shape index (κ2) is 6.23. The zero-order chi connectivity index (χ0) is 19.3. The number of benzene rings is 2. The largest absolute Gasteiger partial charge is 0.248 e. The first-order valence-corrected chi connectivity index (χ1v) is 9.50. The van der Waals surface area contributed by atoms with Gasteiger partial charge >= 0.3 is 0 Å². The lowest BCUT2D eigenvalue weighted by Gasteiger charge is -2.26. The van der Waals surface area contributed by atoms with E-state index in [4.69, 9.17) is 4.98 Å². The van der Waals surface area contributed by atoms with Crippen molar-refractivity contribution in [2.75, 3.05) is 0 Å². The first-order valence-electron chi connectivity index (χ1n) is 9.50. The molecule has 1 aromatic heterocycles. The van der Waals surface area contributed by atoms with Gasteiger partial charge in [0, 0.05) is 10.9 Å². The molecular weight excluding hydrogens is 314 g/mol. The molecule has 3 aromatic rings. The van der Waals surface area contributed by atoms with E-state index in [-0.39, 0.29) is 10.8 Å². The summed E-state index contributed by atoms with van der Waals surface area (Å²) in [5.41, 5.74) is 8.85. The lowest BCUT2D eigenvalue weighted by Crippen LogP contribution is -2.17. The van der Waals surface area contributed by atoms with Crippen LogP contribution >= 0.6 is 0 Å². The van der Waals surface area contributed by atoms with Crippen molar-refractivity contribution < 1.29 is 0 Å². The molecule has 0 aliphatic rings. The predicted octanol–water partition coefficient (Wildman–Crippen LogP) is 7.11. The summed E-state index contributed by atoms with van der Waals surface area (Å²) in [6.07, 6.45) is 0. The molecule has 0 radical (unpaired) electrons. The summed E-state index contributed by atoms with van der Waals surface area (Å²) in [6.45, 7) is 18.0. The Balaban J connectivity index is 2.29. The fourth-order valence-electron chi connectivity index (χ4n) is 3.54. The van der Waals surface area contributed by atoms with Crippen LogP contribution in [0.1, 0.15) is 63.8 Å². The molecule has 3 rings (SSSR count). The average Bonchev–Trinajstić information content (AvgIpc) is 2.51. The lowest BCUT2D eigenvalue weighted by atomic mass is 9.79. The molecule has 1 heteroatoms. The molecule has 0 amide bonds. The van der Waals surface area contributed by atoms with Crippen LogP contribution in [0.25, 0.3) is 22.2 Å². The molecule has 0 spiro atoms. The number of nitrogens with zero attached hydrogens (tertiary/aromatic N) is 1. The van der Waals surface area contributed by atoms with Crippen LogP contribution in [0.2, 0.25) is 0 Å². The molecule has 1 nitrogen and oxygen atoms in total. The minimum atomic E-state index is 0.0858. The van der Waals surface area contributed by atoms with E-state index in [0.29, 0.717) is 0 Å². The summed E-state index contributed by atoms with van der Waals surface area (Å²) in [7, 11) is 0. The van der Waals surface area contributed by atoms with Gasteiger partial charge in [0.2, 0.25) is 0 Å². The van der Waals surface area contributed by atoms with Gasteiger partial charge in [-0.2, -0.15) is 0 Å². The molecule has 0 N–H and O–H groups in total. The van der Waals surface area contributed by atoms with Gasteiger partial charge in [0.15, 0.2) is 0 Å². The van der Waals surface area contributed by atoms with Crippen LogP contribution in [-0.4, -0.2) is 4.98 Å². The Labute approximate surface area is 158 Å². The monoisotopic (exact) mass is 345 g/mol. The van der Waals surface area contributed by atoms with Crippen molar-refractivity contribution in [1.82, 2.24) is 4.98 Å². The SMILES string of the molecule is Cc1ccc(-c2ccc3c(C(C)(C)C)cc(C(C)(C)C)cc3n2)c(C)c1. The van der Waals surface area contributed by atoms with Gasteiger partial charge in [-0.25, -0.2) is 4.98 Å². The molecular formula is C25H31N. The van der Waals surface area contributed by atoms with E-state index in [2.05, 4.69) is 97.9 Å². The third kappa shape index (κ3) is 3.53. The van der Waals surface area contributed by atoms with E-state index in [1.165, 1.54) is 33.2 Å². The summed E-state index contributed by atoms with van der Waals surface area (Å²) in [6, 6.07) is 15.7. The third-order valence-corrected chi connectivity index (χ3v) is 5.14. The third-order valence-electron chi connectivity index (χ3n) is 5.14. The summed E-state index contributed by atoms with van der Waals surface area (Å²) in [5, 5.41) is 1.26. The zero-order valence-electron chi connectivity index (χ0n) is 17.5. The van der Waals surface area contributed by atoms with Gasteiger partial charge in [-0.3, -0.25) is 0 Å². The van der Waals surface area contributed by atoms with Crippen LogP contribution in [0.15, 0.2) is 42.5 Å². The maximum atomic E-state index is 5.08. The first-order chi connectivity index (χ1) is 12.0. The highest BCUT2D eigenvalue weighted by Crippen LogP contribution is 2.36. The van der Waals surface area contributed by atoms with E-state index in [9.17, 15) is 0 Å². The topological polar surface area (TPSA) is 12.9 Å². The Morgan fingerprint density at radius 2 is 1.42 bits per heavy atom. The van der Waals surface area contributed by atoms with Crippen LogP contribution in [-0.2, 0) is 10.8 Å². The van der Waals surface area contributed by atoms with E-state index in [1.54, 1.807) is 0 Å². The second-order valence-corrected chi connectivity index (χ2v) is 9.61. The normalized spacial score (nSPS) is 12.6. The quantitative estimate of drug-likeness (QED) is 0.458. The molecule has 0 unspecified atom stereocenters. The Kier molecular flexibility index (Phi) is 4.46. The van der Waals surface area contributed by atoms with Gasteiger partial charge < -0.3 is 0 Å². The van der Waals surface area contributed by atoms with Crippen LogP contribution in [0.5, 0.6) is 0 Å². The van der Waals surface area contributed by atoms with E-state index >= 15 is 0 Å². The summed E-state index contributed by atoms with van der Waals surface area (Å²) in [4.78, 5) is 5.08. The molecule has 0 saturated carbocycles. The van der Waals surface area contributed by atoms with Crippen molar-refractivity contribution >= 4 is 10.9 Å². The van der Waals surface area contributed by atoms with Crippen LogP contribution < -0.4 is 0 Å². The fourth-order valence-corrected chi connectivity index (χ4v) is 3.54. The van der Waals surface area contributed by atoms with Gasteiger partial charge in [0.05, 0.1) is 11.2 Å². The number of pyridine rings is 1. The molecule has 26 heavy (non-hydrogen) atoms. The van der Waals surface area contributed by atoms with Gasteiger partial charge in [-0.05, 0) is 53.5 Å². The van der Waals surface area contributed by atoms with Crippen molar-refractivity contribution in [3.05, 3.63) is 64.7 Å². The highest BCUT2D eigenvalue weighted by molar-refractivity contribution is 5.87. The second-order valence-electron chi connectivity index (χ2n) is 9.61. The van der Waals surface area contributed by atoms with Crippen LogP contribution in [0, 0.1) is 13.8 Å². The summed E-state index contributed by atoms with van der Waals surface area (Å²) >= 11 is 0. The maximum absolute atomic E-state index is 5.08. The van der Waals surface area contributed by atoms with E-state index in [0.717, 1.165) is 11.2 Å². The van der Waals surface area contributed by atoms with Crippen molar-refractivity contribution in [1.29, 1.82) is 0 Å². The molecule has 136 valence electrons. The van der Waals surface area contributed by atoms with Gasteiger partial charge in [-0.1, -0.05) is 77.4 Å². The minimum Gasteiger partial charge on any atom is -0.248 e. The Morgan fingerprint density at radius 3 is 2.00 bits per heavy atom. The first kappa shape index (κ1) is 18.6. The number of hydrogen-bond acceptors (Lipinski definition) is 1. The van der Waals surface area contributed by atoms with Gasteiger partial charge in [-0.15, -0.1) is 0 Å². The standard InChI is InChI=1S/C25H31N/c1-16-9-10-19(17(2)13-16)22-12-11-20-21(25(6,7)8)14-18(24(3,4)5)15-23(20)26-22/h9-15H,1-8H3. The summed E-state index contributed by atoms with van der Waals surface area (Å²) in [5.74, 6) is 0. The predicted molar refractivity (Wildman–Crippen MR) is 114 cm³/mol. The Bertz CT molecular complexity index is 966. The van der Waals surface area contributed by atoms with Crippen molar-refractivity contribution in [2.24, 2.45) is 0 Å². The van der Waals surface area contributed by atoms with Crippen molar-refractivity contribution in [2.45, 2.75) is 66.2 Å². The van der Waals surface area contributed by atoms with Crippen molar-refractivity contribution in [3.8, 4) is 11.3 Å².